The number of rotatable bonds is 3. The number of aryl methyl sites for hydroxylation is 1. The standard InChI is InChI=1S/C20H20N4O3S/c1-22-12-13(19(26)23(2)20(22)27)9-10-17(25)24-11-5-7-15(24)18-21-14-6-3-4-8-16(14)28-18/h3-4,6,8-10,12,15H,5,7,11H2,1-2H3/b10-9+. The molecule has 0 N–H and O–H groups in total. The van der Waals surface area contributed by atoms with Gasteiger partial charge in [0.05, 0.1) is 21.8 Å². The van der Waals surface area contributed by atoms with Crippen LogP contribution in [0.5, 0.6) is 0 Å². The van der Waals surface area contributed by atoms with Gasteiger partial charge >= 0.3 is 5.69 Å². The lowest BCUT2D eigenvalue weighted by Crippen LogP contribution is -2.37. The average Bonchev–Trinajstić information content (AvgIpc) is 3.34. The summed E-state index contributed by atoms with van der Waals surface area (Å²) in [5.74, 6) is -0.155. The summed E-state index contributed by atoms with van der Waals surface area (Å²) in [5, 5.41) is 0.943. The van der Waals surface area contributed by atoms with Gasteiger partial charge in [0.2, 0.25) is 5.91 Å². The van der Waals surface area contributed by atoms with Crippen LogP contribution in [0.15, 0.2) is 46.1 Å². The first kappa shape index (κ1) is 18.4. The number of carbonyl (C=O) groups is 1. The molecule has 4 rings (SSSR count). The molecule has 1 aliphatic rings. The number of benzene rings is 1. The Kier molecular flexibility index (Phi) is 4.72. The van der Waals surface area contributed by atoms with E-state index in [4.69, 9.17) is 4.98 Å². The van der Waals surface area contributed by atoms with Crippen LogP contribution in [0.25, 0.3) is 16.3 Å². The first-order chi connectivity index (χ1) is 13.5. The molecular formula is C20H20N4O3S. The third-order valence-corrected chi connectivity index (χ3v) is 6.15. The second-order valence-corrected chi connectivity index (χ2v) is 7.95. The van der Waals surface area contributed by atoms with Crippen LogP contribution in [0.2, 0.25) is 0 Å². The molecule has 0 radical (unpaired) electrons. The summed E-state index contributed by atoms with van der Waals surface area (Å²) < 4.78 is 3.47. The summed E-state index contributed by atoms with van der Waals surface area (Å²) in [6.07, 6.45) is 6.14. The van der Waals surface area contributed by atoms with E-state index in [1.54, 1.807) is 23.3 Å². The van der Waals surface area contributed by atoms with Crippen LogP contribution in [0, 0.1) is 0 Å². The van der Waals surface area contributed by atoms with Crippen molar-refractivity contribution in [1.29, 1.82) is 0 Å². The fourth-order valence-corrected chi connectivity index (χ4v) is 4.64. The fraction of sp³-hybridized carbons (Fsp3) is 0.300. The number of carbonyl (C=O) groups excluding carboxylic acids is 1. The predicted molar refractivity (Wildman–Crippen MR) is 109 cm³/mol. The Bertz CT molecular complexity index is 1170. The molecule has 28 heavy (non-hydrogen) atoms. The van der Waals surface area contributed by atoms with Crippen LogP contribution in [-0.2, 0) is 18.9 Å². The molecule has 0 aliphatic carbocycles. The molecule has 1 fully saturated rings. The van der Waals surface area contributed by atoms with Gasteiger partial charge in [-0.05, 0) is 31.1 Å². The molecule has 7 nitrogen and oxygen atoms in total. The average molecular weight is 396 g/mol. The Morgan fingerprint density at radius 3 is 2.82 bits per heavy atom. The minimum Gasteiger partial charge on any atom is -0.330 e. The van der Waals surface area contributed by atoms with Gasteiger partial charge in [0.15, 0.2) is 0 Å². The van der Waals surface area contributed by atoms with E-state index in [9.17, 15) is 14.4 Å². The van der Waals surface area contributed by atoms with Crippen molar-refractivity contribution in [2.75, 3.05) is 6.54 Å². The second-order valence-electron chi connectivity index (χ2n) is 6.88. The molecule has 3 heterocycles. The summed E-state index contributed by atoms with van der Waals surface area (Å²) in [7, 11) is 3.00. The number of fused-ring (bicyclic) bond motifs is 1. The summed E-state index contributed by atoms with van der Waals surface area (Å²) in [4.78, 5) is 43.3. The number of amides is 1. The molecule has 8 heteroatoms. The van der Waals surface area contributed by atoms with Gasteiger partial charge in [0, 0.05) is 32.9 Å². The Labute approximate surface area is 165 Å². The van der Waals surface area contributed by atoms with E-state index < -0.39 is 11.2 Å². The maximum Gasteiger partial charge on any atom is 0.330 e. The van der Waals surface area contributed by atoms with Crippen molar-refractivity contribution < 1.29 is 4.79 Å². The maximum atomic E-state index is 12.8. The monoisotopic (exact) mass is 396 g/mol. The van der Waals surface area contributed by atoms with Crippen LogP contribution in [0.1, 0.15) is 29.5 Å². The SMILES string of the molecule is Cn1cc(/C=C/C(=O)N2CCCC2c2nc3ccccc3s2)c(=O)n(C)c1=O. The van der Waals surface area contributed by atoms with Gasteiger partial charge < -0.3 is 9.47 Å². The molecule has 0 spiro atoms. The highest BCUT2D eigenvalue weighted by atomic mass is 32.1. The quantitative estimate of drug-likeness (QED) is 0.635. The Morgan fingerprint density at radius 1 is 1.25 bits per heavy atom. The zero-order chi connectivity index (χ0) is 19.8. The number of para-hydroxylation sites is 1. The van der Waals surface area contributed by atoms with Crippen LogP contribution in [0.4, 0.5) is 0 Å². The van der Waals surface area contributed by atoms with Crippen molar-refractivity contribution >= 4 is 33.5 Å². The second kappa shape index (κ2) is 7.20. The first-order valence-electron chi connectivity index (χ1n) is 9.06. The van der Waals surface area contributed by atoms with E-state index in [1.807, 2.05) is 24.3 Å². The highest BCUT2D eigenvalue weighted by Crippen LogP contribution is 2.36. The lowest BCUT2D eigenvalue weighted by molar-refractivity contribution is -0.126. The lowest BCUT2D eigenvalue weighted by Gasteiger charge is -2.21. The number of hydrogen-bond acceptors (Lipinski definition) is 5. The summed E-state index contributed by atoms with van der Waals surface area (Å²) in [6.45, 7) is 0.662. The molecule has 2 aromatic heterocycles. The molecule has 1 unspecified atom stereocenters. The summed E-state index contributed by atoms with van der Waals surface area (Å²) in [6, 6.07) is 7.91. The van der Waals surface area contributed by atoms with Crippen LogP contribution in [0.3, 0.4) is 0 Å². The molecule has 144 valence electrons. The molecule has 0 saturated carbocycles. The van der Waals surface area contributed by atoms with Gasteiger partial charge in [-0.1, -0.05) is 12.1 Å². The van der Waals surface area contributed by atoms with Crippen molar-refractivity contribution in [3.8, 4) is 0 Å². The van der Waals surface area contributed by atoms with E-state index in [0.717, 1.165) is 32.6 Å². The topological polar surface area (TPSA) is 77.2 Å². The van der Waals surface area contributed by atoms with E-state index in [-0.39, 0.29) is 11.9 Å². The normalized spacial score (nSPS) is 17.1. The Morgan fingerprint density at radius 2 is 2.04 bits per heavy atom. The van der Waals surface area contributed by atoms with Crippen LogP contribution in [-0.4, -0.2) is 31.5 Å². The Hall–Kier alpha value is -3.00. The smallest absolute Gasteiger partial charge is 0.330 e. The molecular weight excluding hydrogens is 376 g/mol. The number of likely N-dealkylation sites (tertiary alicyclic amines) is 1. The highest BCUT2D eigenvalue weighted by molar-refractivity contribution is 7.18. The van der Waals surface area contributed by atoms with Crippen molar-refractivity contribution in [3.63, 3.8) is 0 Å². The van der Waals surface area contributed by atoms with Gasteiger partial charge in [-0.3, -0.25) is 14.2 Å². The van der Waals surface area contributed by atoms with Gasteiger partial charge in [-0.2, -0.15) is 0 Å². The third kappa shape index (κ3) is 3.20. The van der Waals surface area contributed by atoms with E-state index in [0.29, 0.717) is 12.1 Å². The minimum absolute atomic E-state index is 0.0440. The Balaban J connectivity index is 1.60. The third-order valence-electron chi connectivity index (χ3n) is 5.01. The van der Waals surface area contributed by atoms with Gasteiger partial charge in [-0.25, -0.2) is 9.78 Å². The number of nitrogens with zero attached hydrogens (tertiary/aromatic N) is 4. The molecule has 1 atom stereocenters. The van der Waals surface area contributed by atoms with E-state index >= 15 is 0 Å². The first-order valence-corrected chi connectivity index (χ1v) is 9.88. The zero-order valence-corrected chi connectivity index (χ0v) is 16.5. The van der Waals surface area contributed by atoms with Gasteiger partial charge in [0.1, 0.15) is 5.01 Å². The largest absolute Gasteiger partial charge is 0.330 e. The molecule has 1 aromatic carbocycles. The van der Waals surface area contributed by atoms with Crippen LogP contribution >= 0.6 is 11.3 Å². The number of thiazole rings is 1. The number of hydrogen-bond donors (Lipinski definition) is 0. The molecule has 1 aliphatic heterocycles. The van der Waals surface area contributed by atoms with E-state index in [1.165, 1.54) is 30.0 Å². The molecule has 1 saturated heterocycles. The lowest BCUT2D eigenvalue weighted by atomic mass is 10.2. The molecule has 3 aromatic rings. The number of aromatic nitrogens is 3. The van der Waals surface area contributed by atoms with Crippen molar-refractivity contribution in [2.45, 2.75) is 18.9 Å². The summed E-state index contributed by atoms with van der Waals surface area (Å²) >= 11 is 1.62. The predicted octanol–water partition coefficient (Wildman–Crippen LogP) is 2.07. The van der Waals surface area contributed by atoms with Crippen LogP contribution < -0.4 is 11.2 Å². The van der Waals surface area contributed by atoms with Gasteiger partial charge in [0.25, 0.3) is 5.56 Å². The van der Waals surface area contributed by atoms with Crippen molar-refractivity contribution in [3.05, 3.63) is 67.9 Å². The van der Waals surface area contributed by atoms with Gasteiger partial charge in [-0.15, -0.1) is 11.3 Å². The minimum atomic E-state index is -0.420. The highest BCUT2D eigenvalue weighted by Gasteiger charge is 2.31. The molecule has 1 amide bonds. The maximum absolute atomic E-state index is 12.8. The molecule has 0 bridgehead atoms. The van der Waals surface area contributed by atoms with Crippen molar-refractivity contribution in [2.24, 2.45) is 14.1 Å². The fourth-order valence-electron chi connectivity index (χ4n) is 3.53. The van der Waals surface area contributed by atoms with Crippen molar-refractivity contribution in [1.82, 2.24) is 19.0 Å². The summed E-state index contributed by atoms with van der Waals surface area (Å²) in [5.41, 5.74) is 0.430. The van der Waals surface area contributed by atoms with E-state index in [2.05, 4.69) is 0 Å². The zero-order valence-electron chi connectivity index (χ0n) is 15.7.